The van der Waals surface area contributed by atoms with E-state index in [4.69, 9.17) is 10.5 Å². The van der Waals surface area contributed by atoms with Crippen molar-refractivity contribution >= 4 is 6.03 Å². The van der Waals surface area contributed by atoms with Crippen molar-refractivity contribution in [3.05, 3.63) is 0 Å². The molecule has 0 aliphatic carbocycles. The molecule has 0 aromatic rings. The van der Waals surface area contributed by atoms with E-state index in [0.29, 0.717) is 6.54 Å². The first-order chi connectivity index (χ1) is 4.74. The minimum atomic E-state index is -0.348. The molecule has 0 aromatic carbocycles. The molecule has 4 heteroatoms. The fraction of sp³-hybridized carbons (Fsp3) is 0.833. The van der Waals surface area contributed by atoms with Gasteiger partial charge < -0.3 is 15.4 Å². The van der Waals surface area contributed by atoms with Gasteiger partial charge in [0, 0.05) is 20.2 Å². The van der Waals surface area contributed by atoms with Crippen LogP contribution in [0, 0.1) is 0 Å². The molecular weight excluding hydrogens is 132 g/mol. The summed E-state index contributed by atoms with van der Waals surface area (Å²) in [7, 11) is 1.65. The molecule has 0 saturated carbocycles. The Morgan fingerprint density at radius 1 is 1.80 bits per heavy atom. The number of ether oxygens (including phenoxy) is 1. The third-order valence-electron chi connectivity index (χ3n) is 1.79. The van der Waals surface area contributed by atoms with Crippen molar-refractivity contribution in [2.24, 2.45) is 5.73 Å². The average Bonchev–Trinajstić information content (AvgIpc) is 2.34. The molecule has 1 saturated heterocycles. The molecule has 10 heavy (non-hydrogen) atoms. The SMILES string of the molecule is COC1CCN(C(N)=O)C1. The number of carbonyl (C=O) groups excluding carboxylic acids is 1. The number of carbonyl (C=O) groups is 1. The Kier molecular flexibility index (Phi) is 2.11. The summed E-state index contributed by atoms with van der Waals surface area (Å²) in [6, 6.07) is -0.348. The van der Waals surface area contributed by atoms with Crippen LogP contribution in [0.25, 0.3) is 0 Å². The minimum Gasteiger partial charge on any atom is -0.380 e. The summed E-state index contributed by atoms with van der Waals surface area (Å²) in [6.07, 6.45) is 1.09. The molecule has 1 aliphatic rings. The van der Waals surface area contributed by atoms with Gasteiger partial charge in [0.2, 0.25) is 0 Å². The number of primary amides is 1. The van der Waals surface area contributed by atoms with Crippen molar-refractivity contribution in [2.75, 3.05) is 20.2 Å². The Balaban J connectivity index is 2.35. The molecular formula is C6H12N2O2. The van der Waals surface area contributed by atoms with E-state index in [1.807, 2.05) is 0 Å². The molecule has 1 unspecified atom stereocenters. The Bertz CT molecular complexity index is 138. The van der Waals surface area contributed by atoms with Gasteiger partial charge in [0.05, 0.1) is 6.10 Å². The van der Waals surface area contributed by atoms with Crippen LogP contribution in [0.2, 0.25) is 0 Å². The van der Waals surface area contributed by atoms with Crippen LogP contribution >= 0.6 is 0 Å². The van der Waals surface area contributed by atoms with Gasteiger partial charge in [0.15, 0.2) is 0 Å². The van der Waals surface area contributed by atoms with Gasteiger partial charge in [-0.25, -0.2) is 4.79 Å². The molecule has 1 heterocycles. The molecule has 0 spiro atoms. The topological polar surface area (TPSA) is 55.6 Å². The van der Waals surface area contributed by atoms with E-state index in [1.54, 1.807) is 12.0 Å². The smallest absolute Gasteiger partial charge is 0.314 e. The second-order valence-corrected chi connectivity index (χ2v) is 2.43. The Hall–Kier alpha value is -0.770. The summed E-state index contributed by atoms with van der Waals surface area (Å²) in [6.45, 7) is 1.37. The van der Waals surface area contributed by atoms with Crippen molar-refractivity contribution in [1.82, 2.24) is 4.90 Å². The fourth-order valence-corrected chi connectivity index (χ4v) is 1.12. The molecule has 0 aromatic heterocycles. The lowest BCUT2D eigenvalue weighted by molar-refractivity contribution is 0.111. The van der Waals surface area contributed by atoms with Gasteiger partial charge in [-0.3, -0.25) is 0 Å². The number of hydrogen-bond donors (Lipinski definition) is 1. The highest BCUT2D eigenvalue weighted by atomic mass is 16.5. The highest BCUT2D eigenvalue weighted by Crippen LogP contribution is 2.10. The van der Waals surface area contributed by atoms with E-state index >= 15 is 0 Å². The fourth-order valence-electron chi connectivity index (χ4n) is 1.12. The summed E-state index contributed by atoms with van der Waals surface area (Å²) in [5.74, 6) is 0. The highest BCUT2D eigenvalue weighted by Gasteiger charge is 2.23. The second kappa shape index (κ2) is 2.88. The van der Waals surface area contributed by atoms with Crippen LogP contribution in [0.1, 0.15) is 6.42 Å². The van der Waals surface area contributed by atoms with E-state index in [2.05, 4.69) is 0 Å². The van der Waals surface area contributed by atoms with Crippen molar-refractivity contribution in [2.45, 2.75) is 12.5 Å². The molecule has 2 amide bonds. The standard InChI is InChI=1S/C6H12N2O2/c1-10-5-2-3-8(4-5)6(7)9/h5H,2-4H2,1H3,(H2,7,9). The van der Waals surface area contributed by atoms with Crippen LogP contribution in [0.4, 0.5) is 4.79 Å². The van der Waals surface area contributed by atoms with Crippen LogP contribution in [-0.2, 0) is 4.74 Å². The number of hydrogen-bond acceptors (Lipinski definition) is 2. The first-order valence-corrected chi connectivity index (χ1v) is 3.31. The quantitative estimate of drug-likeness (QED) is 0.553. The molecule has 0 bridgehead atoms. The number of rotatable bonds is 1. The largest absolute Gasteiger partial charge is 0.380 e. The van der Waals surface area contributed by atoms with Crippen molar-refractivity contribution in [1.29, 1.82) is 0 Å². The van der Waals surface area contributed by atoms with Crippen LogP contribution in [0.5, 0.6) is 0 Å². The third-order valence-corrected chi connectivity index (χ3v) is 1.79. The average molecular weight is 144 g/mol. The molecule has 4 nitrogen and oxygen atoms in total. The first kappa shape index (κ1) is 7.34. The zero-order valence-corrected chi connectivity index (χ0v) is 6.04. The Labute approximate surface area is 59.9 Å². The minimum absolute atomic E-state index is 0.187. The number of likely N-dealkylation sites (tertiary alicyclic amines) is 1. The summed E-state index contributed by atoms with van der Waals surface area (Å²) in [4.78, 5) is 12.1. The highest BCUT2D eigenvalue weighted by molar-refractivity contribution is 5.72. The van der Waals surface area contributed by atoms with Gasteiger partial charge in [-0.1, -0.05) is 0 Å². The zero-order chi connectivity index (χ0) is 7.56. The summed E-state index contributed by atoms with van der Waals surface area (Å²) >= 11 is 0. The van der Waals surface area contributed by atoms with Gasteiger partial charge in [0.1, 0.15) is 0 Å². The zero-order valence-electron chi connectivity index (χ0n) is 6.04. The van der Waals surface area contributed by atoms with E-state index < -0.39 is 0 Å². The van der Waals surface area contributed by atoms with Crippen LogP contribution < -0.4 is 5.73 Å². The number of urea groups is 1. The lowest BCUT2D eigenvalue weighted by atomic mass is 10.3. The van der Waals surface area contributed by atoms with Crippen molar-refractivity contribution in [3.63, 3.8) is 0 Å². The van der Waals surface area contributed by atoms with E-state index in [1.165, 1.54) is 0 Å². The van der Waals surface area contributed by atoms with Crippen LogP contribution in [0.3, 0.4) is 0 Å². The summed E-state index contributed by atoms with van der Waals surface area (Å²) in [5, 5.41) is 0. The molecule has 58 valence electrons. The van der Waals surface area contributed by atoms with E-state index in [0.717, 1.165) is 13.0 Å². The van der Waals surface area contributed by atoms with Gasteiger partial charge in [-0.05, 0) is 6.42 Å². The molecule has 1 atom stereocenters. The van der Waals surface area contributed by atoms with Crippen LogP contribution in [0.15, 0.2) is 0 Å². The molecule has 0 radical (unpaired) electrons. The number of nitrogens with zero attached hydrogens (tertiary/aromatic N) is 1. The maximum atomic E-state index is 10.6. The Morgan fingerprint density at radius 2 is 2.50 bits per heavy atom. The predicted octanol–water partition coefficient (Wildman–Crippen LogP) is -0.214. The van der Waals surface area contributed by atoms with Crippen LogP contribution in [-0.4, -0.2) is 37.2 Å². The van der Waals surface area contributed by atoms with E-state index in [-0.39, 0.29) is 12.1 Å². The number of amides is 2. The van der Waals surface area contributed by atoms with Crippen molar-refractivity contribution < 1.29 is 9.53 Å². The summed E-state index contributed by atoms with van der Waals surface area (Å²) in [5.41, 5.74) is 5.05. The second-order valence-electron chi connectivity index (χ2n) is 2.43. The van der Waals surface area contributed by atoms with E-state index in [9.17, 15) is 4.79 Å². The molecule has 1 aliphatic heterocycles. The molecule has 2 N–H and O–H groups in total. The van der Waals surface area contributed by atoms with Gasteiger partial charge >= 0.3 is 6.03 Å². The third kappa shape index (κ3) is 1.39. The summed E-state index contributed by atoms with van der Waals surface area (Å²) < 4.78 is 5.04. The molecule has 1 fully saturated rings. The predicted molar refractivity (Wildman–Crippen MR) is 36.6 cm³/mol. The number of nitrogens with two attached hydrogens (primary N) is 1. The normalized spacial score (nSPS) is 25.3. The molecule has 1 rings (SSSR count). The Morgan fingerprint density at radius 3 is 2.80 bits per heavy atom. The first-order valence-electron chi connectivity index (χ1n) is 3.31. The lowest BCUT2D eigenvalue weighted by Gasteiger charge is -2.11. The van der Waals surface area contributed by atoms with Crippen molar-refractivity contribution in [3.8, 4) is 0 Å². The van der Waals surface area contributed by atoms with Gasteiger partial charge in [-0.2, -0.15) is 0 Å². The van der Waals surface area contributed by atoms with Gasteiger partial charge in [-0.15, -0.1) is 0 Å². The monoisotopic (exact) mass is 144 g/mol. The lowest BCUT2D eigenvalue weighted by Crippen LogP contribution is -2.34. The number of methoxy groups -OCH3 is 1. The maximum absolute atomic E-state index is 10.6. The van der Waals surface area contributed by atoms with Gasteiger partial charge in [0.25, 0.3) is 0 Å². The maximum Gasteiger partial charge on any atom is 0.314 e.